The van der Waals surface area contributed by atoms with Crippen molar-refractivity contribution in [1.29, 1.82) is 0 Å². The number of hydrogen-bond acceptors (Lipinski definition) is 4. The van der Waals surface area contributed by atoms with E-state index in [1.165, 1.54) is 5.56 Å². The summed E-state index contributed by atoms with van der Waals surface area (Å²) < 4.78 is 0. The van der Waals surface area contributed by atoms with Crippen LogP contribution in [-0.4, -0.2) is 22.8 Å². The van der Waals surface area contributed by atoms with E-state index in [0.717, 1.165) is 12.8 Å². The molecular formula is C20H19NO4. The fourth-order valence-electron chi connectivity index (χ4n) is 2.80. The van der Waals surface area contributed by atoms with Crippen molar-refractivity contribution < 1.29 is 19.2 Å². The van der Waals surface area contributed by atoms with Crippen LogP contribution in [-0.2, 0) is 16.1 Å². The van der Waals surface area contributed by atoms with Crippen LogP contribution in [0.1, 0.15) is 46.0 Å². The molecule has 0 saturated heterocycles. The smallest absolute Gasteiger partial charge is 0.329 e. The summed E-state index contributed by atoms with van der Waals surface area (Å²) >= 11 is 0. The second-order valence-corrected chi connectivity index (χ2v) is 6.14. The average molecular weight is 337 g/mol. The molecule has 0 spiro atoms. The molecule has 2 aromatic carbocycles. The Balaban J connectivity index is 1.54. The number of nitrogens with zero attached hydrogens (tertiary/aromatic N) is 1. The molecule has 0 saturated carbocycles. The maximum atomic E-state index is 12.2. The van der Waals surface area contributed by atoms with Crippen molar-refractivity contribution in [2.24, 2.45) is 5.92 Å². The van der Waals surface area contributed by atoms with Crippen molar-refractivity contribution in [1.82, 2.24) is 5.06 Å². The predicted octanol–water partition coefficient (Wildman–Crippen LogP) is 3.40. The predicted molar refractivity (Wildman–Crippen MR) is 91.6 cm³/mol. The SMILES string of the molecule is CC(CCCc1ccccc1)C(=O)ON1C(=O)c2ccccc2C1=O. The van der Waals surface area contributed by atoms with Gasteiger partial charge < -0.3 is 4.84 Å². The van der Waals surface area contributed by atoms with E-state index in [-0.39, 0.29) is 11.1 Å². The molecule has 128 valence electrons. The van der Waals surface area contributed by atoms with Crippen LogP contribution in [0.5, 0.6) is 0 Å². The first kappa shape index (κ1) is 16.9. The van der Waals surface area contributed by atoms with Crippen LogP contribution in [0.25, 0.3) is 0 Å². The molecule has 0 N–H and O–H groups in total. The summed E-state index contributed by atoms with van der Waals surface area (Å²) in [5.74, 6) is -2.15. The zero-order chi connectivity index (χ0) is 17.8. The number of benzene rings is 2. The molecule has 1 unspecified atom stereocenters. The monoisotopic (exact) mass is 337 g/mol. The van der Waals surface area contributed by atoms with Gasteiger partial charge in [0.25, 0.3) is 11.8 Å². The number of carbonyl (C=O) groups excluding carboxylic acids is 3. The molecule has 0 aromatic heterocycles. The van der Waals surface area contributed by atoms with Crippen molar-refractivity contribution in [3.8, 4) is 0 Å². The lowest BCUT2D eigenvalue weighted by atomic mass is 10.0. The molecule has 2 aromatic rings. The van der Waals surface area contributed by atoms with E-state index in [1.54, 1.807) is 31.2 Å². The van der Waals surface area contributed by atoms with Crippen LogP contribution in [0.3, 0.4) is 0 Å². The molecule has 0 aliphatic carbocycles. The van der Waals surface area contributed by atoms with Crippen molar-refractivity contribution >= 4 is 17.8 Å². The van der Waals surface area contributed by atoms with Gasteiger partial charge in [0, 0.05) is 0 Å². The number of fused-ring (bicyclic) bond motifs is 1. The molecule has 5 nitrogen and oxygen atoms in total. The van der Waals surface area contributed by atoms with E-state index < -0.39 is 23.7 Å². The topological polar surface area (TPSA) is 63.7 Å². The molecule has 1 aliphatic heterocycles. The average Bonchev–Trinajstić information content (AvgIpc) is 2.88. The van der Waals surface area contributed by atoms with Gasteiger partial charge in [0.2, 0.25) is 0 Å². The molecule has 1 atom stereocenters. The fraction of sp³-hybridized carbons (Fsp3) is 0.250. The second-order valence-electron chi connectivity index (χ2n) is 6.14. The van der Waals surface area contributed by atoms with Gasteiger partial charge in [0.05, 0.1) is 17.0 Å². The van der Waals surface area contributed by atoms with Crippen LogP contribution >= 0.6 is 0 Å². The van der Waals surface area contributed by atoms with Crippen LogP contribution < -0.4 is 0 Å². The maximum absolute atomic E-state index is 12.2. The number of carbonyl (C=O) groups is 3. The van der Waals surface area contributed by atoms with Gasteiger partial charge in [-0.2, -0.15) is 0 Å². The van der Waals surface area contributed by atoms with Gasteiger partial charge in [-0.05, 0) is 37.0 Å². The first-order valence-electron chi connectivity index (χ1n) is 8.31. The summed E-state index contributed by atoms with van der Waals surface area (Å²) in [6.07, 6.45) is 2.31. The highest BCUT2D eigenvalue weighted by Crippen LogP contribution is 2.23. The van der Waals surface area contributed by atoms with Gasteiger partial charge in [-0.3, -0.25) is 9.59 Å². The summed E-state index contributed by atoms with van der Waals surface area (Å²) in [6.45, 7) is 1.74. The molecule has 0 radical (unpaired) electrons. The third kappa shape index (κ3) is 3.60. The lowest BCUT2D eigenvalue weighted by Gasteiger charge is -2.16. The van der Waals surface area contributed by atoms with E-state index in [9.17, 15) is 14.4 Å². The van der Waals surface area contributed by atoms with Crippen molar-refractivity contribution in [3.63, 3.8) is 0 Å². The van der Waals surface area contributed by atoms with Gasteiger partial charge in [-0.1, -0.05) is 54.5 Å². The van der Waals surface area contributed by atoms with E-state index >= 15 is 0 Å². The number of imide groups is 1. The van der Waals surface area contributed by atoms with Gasteiger partial charge in [0.1, 0.15) is 0 Å². The third-order valence-electron chi connectivity index (χ3n) is 4.29. The summed E-state index contributed by atoms with van der Waals surface area (Å²) in [5.41, 5.74) is 1.73. The molecule has 3 rings (SSSR count). The quantitative estimate of drug-likeness (QED) is 0.758. The van der Waals surface area contributed by atoms with E-state index in [1.807, 2.05) is 30.3 Å². The van der Waals surface area contributed by atoms with E-state index in [0.29, 0.717) is 11.5 Å². The molecule has 5 heteroatoms. The number of amides is 2. The molecule has 0 fully saturated rings. The Labute approximate surface area is 146 Å². The van der Waals surface area contributed by atoms with Crippen LogP contribution in [0, 0.1) is 5.92 Å². The normalized spacial score (nSPS) is 14.4. The standard InChI is InChI=1S/C20H19NO4/c1-14(8-7-11-15-9-3-2-4-10-15)20(24)25-21-18(22)16-12-5-6-13-17(16)19(21)23/h2-6,9-10,12-14H,7-8,11H2,1H3. The minimum absolute atomic E-state index is 0.261. The summed E-state index contributed by atoms with van der Waals surface area (Å²) in [7, 11) is 0. The van der Waals surface area contributed by atoms with E-state index in [4.69, 9.17) is 4.84 Å². The van der Waals surface area contributed by atoms with Gasteiger partial charge in [-0.25, -0.2) is 4.79 Å². The fourth-order valence-corrected chi connectivity index (χ4v) is 2.80. The highest BCUT2D eigenvalue weighted by Gasteiger charge is 2.39. The Morgan fingerprint density at radius 1 is 0.960 bits per heavy atom. The van der Waals surface area contributed by atoms with Gasteiger partial charge in [-0.15, -0.1) is 0 Å². The molecule has 2 amide bonds. The van der Waals surface area contributed by atoms with Crippen molar-refractivity contribution in [2.45, 2.75) is 26.2 Å². The zero-order valence-electron chi connectivity index (χ0n) is 14.0. The number of hydroxylamine groups is 2. The largest absolute Gasteiger partial charge is 0.335 e. The molecule has 25 heavy (non-hydrogen) atoms. The lowest BCUT2D eigenvalue weighted by Crippen LogP contribution is -2.34. The minimum Gasteiger partial charge on any atom is -0.329 e. The Kier molecular flexibility index (Phi) is 4.93. The van der Waals surface area contributed by atoms with Gasteiger partial charge >= 0.3 is 5.97 Å². The summed E-state index contributed by atoms with van der Waals surface area (Å²) in [5, 5.41) is 0.570. The Morgan fingerprint density at radius 2 is 1.52 bits per heavy atom. The molecular weight excluding hydrogens is 318 g/mol. The third-order valence-corrected chi connectivity index (χ3v) is 4.29. The van der Waals surface area contributed by atoms with Crippen LogP contribution in [0.15, 0.2) is 54.6 Å². The van der Waals surface area contributed by atoms with Crippen LogP contribution in [0.2, 0.25) is 0 Å². The number of aryl methyl sites for hydroxylation is 1. The van der Waals surface area contributed by atoms with Crippen LogP contribution in [0.4, 0.5) is 0 Å². The Morgan fingerprint density at radius 3 is 2.12 bits per heavy atom. The molecule has 1 aliphatic rings. The number of rotatable bonds is 6. The van der Waals surface area contributed by atoms with E-state index in [2.05, 4.69) is 0 Å². The number of hydrogen-bond donors (Lipinski definition) is 0. The maximum Gasteiger partial charge on any atom is 0.335 e. The Hall–Kier alpha value is -2.95. The Bertz CT molecular complexity index is 765. The highest BCUT2D eigenvalue weighted by molar-refractivity contribution is 6.20. The zero-order valence-corrected chi connectivity index (χ0v) is 14.0. The molecule has 0 bridgehead atoms. The lowest BCUT2D eigenvalue weighted by molar-refractivity contribution is -0.173. The highest BCUT2D eigenvalue weighted by atomic mass is 16.7. The minimum atomic E-state index is -0.592. The van der Waals surface area contributed by atoms with Crippen molar-refractivity contribution in [2.75, 3.05) is 0 Å². The summed E-state index contributed by atoms with van der Waals surface area (Å²) in [6, 6.07) is 16.4. The van der Waals surface area contributed by atoms with Crippen molar-refractivity contribution in [3.05, 3.63) is 71.3 Å². The summed E-state index contributed by atoms with van der Waals surface area (Å²) in [4.78, 5) is 41.7. The van der Waals surface area contributed by atoms with Gasteiger partial charge in [0.15, 0.2) is 0 Å². The first-order chi connectivity index (χ1) is 12.1. The second kappa shape index (κ2) is 7.30. The molecule has 1 heterocycles. The first-order valence-corrected chi connectivity index (χ1v) is 8.31.